The Hall–Kier alpha value is -1.69. The summed E-state index contributed by atoms with van der Waals surface area (Å²) in [5, 5.41) is 3.89. The summed E-state index contributed by atoms with van der Waals surface area (Å²) in [6.45, 7) is 5.66. The van der Waals surface area contributed by atoms with Gasteiger partial charge in [0.15, 0.2) is 5.78 Å². The van der Waals surface area contributed by atoms with Gasteiger partial charge < -0.3 is 9.73 Å². The van der Waals surface area contributed by atoms with Gasteiger partial charge in [0.2, 0.25) is 5.89 Å². The van der Waals surface area contributed by atoms with Crippen LogP contribution in [0.2, 0.25) is 0 Å². The fraction of sp³-hybridized carbons (Fsp3) is 0.364. The van der Waals surface area contributed by atoms with E-state index < -0.39 is 0 Å². The number of nitrogens with zero attached hydrogens (tertiary/aromatic N) is 2. The first-order chi connectivity index (χ1) is 8.08. The SMILES string of the molecule is CC(=O)c1c(C)nsc1NCc1ncc(C)o1. The molecule has 6 heteroatoms. The Kier molecular flexibility index (Phi) is 3.23. The van der Waals surface area contributed by atoms with Crippen LogP contribution in [-0.4, -0.2) is 15.1 Å². The number of carbonyl (C=O) groups excluding carboxylic acids is 1. The first-order valence-electron chi connectivity index (χ1n) is 5.20. The van der Waals surface area contributed by atoms with E-state index in [9.17, 15) is 4.79 Å². The number of rotatable bonds is 4. The number of hydrogen-bond donors (Lipinski definition) is 1. The molecule has 0 aliphatic carbocycles. The van der Waals surface area contributed by atoms with Crippen LogP contribution in [0.1, 0.15) is 34.6 Å². The standard InChI is InChI=1S/C11H13N3O2S/c1-6-4-12-9(16-6)5-13-11-10(8(3)15)7(2)14-17-11/h4,13H,5H2,1-3H3. The second kappa shape index (κ2) is 4.67. The van der Waals surface area contributed by atoms with Gasteiger partial charge in [-0.1, -0.05) is 0 Å². The fourth-order valence-corrected chi connectivity index (χ4v) is 2.38. The van der Waals surface area contributed by atoms with E-state index in [1.54, 1.807) is 6.20 Å². The maximum absolute atomic E-state index is 11.5. The van der Waals surface area contributed by atoms with Crippen LogP contribution in [-0.2, 0) is 6.54 Å². The number of oxazole rings is 1. The minimum Gasteiger partial charge on any atom is -0.444 e. The first kappa shape index (κ1) is 11.8. The minimum atomic E-state index is 0.0161. The second-order valence-electron chi connectivity index (χ2n) is 3.75. The van der Waals surface area contributed by atoms with Crippen LogP contribution in [0.5, 0.6) is 0 Å². The van der Waals surface area contributed by atoms with Gasteiger partial charge in [0.1, 0.15) is 10.8 Å². The summed E-state index contributed by atoms with van der Waals surface area (Å²) in [7, 11) is 0. The second-order valence-corrected chi connectivity index (χ2v) is 4.52. The topological polar surface area (TPSA) is 68.0 Å². The number of aromatic nitrogens is 2. The van der Waals surface area contributed by atoms with Crippen LogP contribution < -0.4 is 5.32 Å². The molecule has 0 aliphatic rings. The summed E-state index contributed by atoms with van der Waals surface area (Å²) in [5.74, 6) is 1.39. The van der Waals surface area contributed by atoms with Crippen molar-refractivity contribution in [3.63, 3.8) is 0 Å². The van der Waals surface area contributed by atoms with E-state index in [4.69, 9.17) is 4.42 Å². The third kappa shape index (κ3) is 2.52. The van der Waals surface area contributed by atoms with Crippen molar-refractivity contribution in [3.8, 4) is 0 Å². The number of Topliss-reactive ketones (excluding diaryl/α,β-unsaturated/α-hetero) is 1. The van der Waals surface area contributed by atoms with Gasteiger partial charge in [-0.3, -0.25) is 4.79 Å². The maximum atomic E-state index is 11.5. The zero-order chi connectivity index (χ0) is 12.4. The summed E-state index contributed by atoms with van der Waals surface area (Å²) >= 11 is 1.28. The lowest BCUT2D eigenvalue weighted by Gasteiger charge is -2.02. The number of nitrogens with one attached hydrogen (secondary N) is 1. The van der Waals surface area contributed by atoms with Crippen molar-refractivity contribution in [2.45, 2.75) is 27.3 Å². The van der Waals surface area contributed by atoms with Gasteiger partial charge in [-0.15, -0.1) is 0 Å². The van der Waals surface area contributed by atoms with Gasteiger partial charge in [0.05, 0.1) is 24.0 Å². The highest BCUT2D eigenvalue weighted by molar-refractivity contribution is 7.10. The molecule has 0 fully saturated rings. The number of anilines is 1. The lowest BCUT2D eigenvalue weighted by molar-refractivity contribution is 0.101. The summed E-state index contributed by atoms with van der Waals surface area (Å²) in [6.07, 6.45) is 1.67. The molecule has 2 aromatic rings. The molecule has 0 amide bonds. The van der Waals surface area contributed by atoms with E-state index >= 15 is 0 Å². The number of carbonyl (C=O) groups is 1. The molecule has 0 saturated heterocycles. The predicted octanol–water partition coefficient (Wildman–Crippen LogP) is 2.56. The van der Waals surface area contributed by atoms with Crippen molar-refractivity contribution in [1.29, 1.82) is 0 Å². The molecule has 0 atom stereocenters. The fourth-order valence-electron chi connectivity index (χ4n) is 1.54. The van der Waals surface area contributed by atoms with Crippen LogP contribution in [0.15, 0.2) is 10.6 Å². The van der Waals surface area contributed by atoms with Crippen LogP contribution in [0.25, 0.3) is 0 Å². The number of ketones is 1. The molecule has 90 valence electrons. The van der Waals surface area contributed by atoms with Gasteiger partial charge in [-0.25, -0.2) is 4.98 Å². The molecule has 0 aliphatic heterocycles. The molecular formula is C11H13N3O2S. The minimum absolute atomic E-state index is 0.0161. The highest BCUT2D eigenvalue weighted by Gasteiger charge is 2.14. The highest BCUT2D eigenvalue weighted by atomic mass is 32.1. The van der Waals surface area contributed by atoms with E-state index in [2.05, 4.69) is 14.7 Å². The van der Waals surface area contributed by atoms with E-state index in [0.717, 1.165) is 16.5 Å². The molecule has 2 aromatic heterocycles. The van der Waals surface area contributed by atoms with Gasteiger partial charge in [0.25, 0.3) is 0 Å². The van der Waals surface area contributed by atoms with Crippen molar-refractivity contribution in [2.24, 2.45) is 0 Å². The molecule has 2 rings (SSSR count). The summed E-state index contributed by atoms with van der Waals surface area (Å²) in [4.78, 5) is 15.5. The Bertz CT molecular complexity index is 545. The van der Waals surface area contributed by atoms with Crippen LogP contribution in [0.4, 0.5) is 5.00 Å². The Labute approximate surface area is 103 Å². The summed E-state index contributed by atoms with van der Waals surface area (Å²) in [6, 6.07) is 0. The average molecular weight is 251 g/mol. The van der Waals surface area contributed by atoms with E-state index in [-0.39, 0.29) is 5.78 Å². The molecular weight excluding hydrogens is 238 g/mol. The lowest BCUT2D eigenvalue weighted by atomic mass is 10.2. The van der Waals surface area contributed by atoms with Crippen molar-refractivity contribution in [2.75, 3.05) is 5.32 Å². The molecule has 0 unspecified atom stereocenters. The highest BCUT2D eigenvalue weighted by Crippen LogP contribution is 2.25. The largest absolute Gasteiger partial charge is 0.444 e. The van der Waals surface area contributed by atoms with Gasteiger partial charge >= 0.3 is 0 Å². The monoisotopic (exact) mass is 251 g/mol. The van der Waals surface area contributed by atoms with Crippen molar-refractivity contribution >= 4 is 22.3 Å². The Morgan fingerprint density at radius 3 is 2.88 bits per heavy atom. The Morgan fingerprint density at radius 2 is 2.29 bits per heavy atom. The smallest absolute Gasteiger partial charge is 0.213 e. The van der Waals surface area contributed by atoms with Crippen LogP contribution in [0.3, 0.4) is 0 Å². The molecule has 0 radical (unpaired) electrons. The van der Waals surface area contributed by atoms with Gasteiger partial charge in [0, 0.05) is 0 Å². The Morgan fingerprint density at radius 1 is 1.53 bits per heavy atom. The van der Waals surface area contributed by atoms with Gasteiger partial charge in [-0.2, -0.15) is 4.37 Å². The van der Waals surface area contributed by atoms with Gasteiger partial charge in [-0.05, 0) is 32.3 Å². The third-order valence-electron chi connectivity index (χ3n) is 2.28. The normalized spacial score (nSPS) is 10.5. The number of aryl methyl sites for hydroxylation is 2. The first-order valence-corrected chi connectivity index (χ1v) is 5.97. The quantitative estimate of drug-likeness (QED) is 0.846. The number of hydrogen-bond acceptors (Lipinski definition) is 6. The molecule has 5 nitrogen and oxygen atoms in total. The summed E-state index contributed by atoms with van der Waals surface area (Å²) in [5.41, 5.74) is 1.41. The average Bonchev–Trinajstić information content (AvgIpc) is 2.82. The maximum Gasteiger partial charge on any atom is 0.213 e. The predicted molar refractivity (Wildman–Crippen MR) is 65.4 cm³/mol. The van der Waals surface area contributed by atoms with Crippen molar-refractivity contribution in [1.82, 2.24) is 9.36 Å². The molecule has 2 heterocycles. The molecule has 0 bridgehead atoms. The Balaban J connectivity index is 2.11. The molecule has 1 N–H and O–H groups in total. The lowest BCUT2D eigenvalue weighted by Crippen LogP contribution is -2.03. The molecule has 0 spiro atoms. The zero-order valence-electron chi connectivity index (χ0n) is 9.90. The van der Waals surface area contributed by atoms with E-state index in [0.29, 0.717) is 18.0 Å². The molecule has 17 heavy (non-hydrogen) atoms. The summed E-state index contributed by atoms with van der Waals surface area (Å²) < 4.78 is 9.50. The van der Waals surface area contributed by atoms with E-state index in [1.807, 2.05) is 13.8 Å². The molecule has 0 aromatic carbocycles. The van der Waals surface area contributed by atoms with Crippen LogP contribution >= 0.6 is 11.5 Å². The molecule has 0 saturated carbocycles. The van der Waals surface area contributed by atoms with Crippen molar-refractivity contribution < 1.29 is 9.21 Å². The third-order valence-corrected chi connectivity index (χ3v) is 3.18. The van der Waals surface area contributed by atoms with Crippen molar-refractivity contribution in [3.05, 3.63) is 29.1 Å². The zero-order valence-corrected chi connectivity index (χ0v) is 10.7. The van der Waals surface area contributed by atoms with Crippen LogP contribution in [0, 0.1) is 13.8 Å². The van der Waals surface area contributed by atoms with E-state index in [1.165, 1.54) is 18.5 Å².